The maximum atomic E-state index is 4.03. The molecule has 0 bridgehead atoms. The number of hydrogen-bond donors (Lipinski definition) is 0. The summed E-state index contributed by atoms with van der Waals surface area (Å²) in [6.45, 7) is 15.9. The first-order valence-electron chi connectivity index (χ1n) is 6.26. The molecule has 1 fully saturated rings. The van der Waals surface area contributed by atoms with Crippen LogP contribution in [-0.4, -0.2) is 24.7 Å². The van der Waals surface area contributed by atoms with Crippen molar-refractivity contribution in [3.05, 3.63) is 24.0 Å². The van der Waals surface area contributed by atoms with Crippen LogP contribution in [0.2, 0.25) is 0 Å². The van der Waals surface area contributed by atoms with Crippen LogP contribution >= 0.6 is 0 Å². The monoisotopic (exact) mass is 222 g/mol. The predicted octanol–water partition coefficient (Wildman–Crippen LogP) is 4.01. The molecule has 0 amide bonds. The number of unbranched alkanes of at least 4 members (excludes halogenated alkanes) is 1. The van der Waals surface area contributed by atoms with Gasteiger partial charge in [0.2, 0.25) is 0 Å². The van der Waals surface area contributed by atoms with Gasteiger partial charge in [0.05, 0.1) is 0 Å². The maximum absolute atomic E-state index is 4.03. The Morgan fingerprint density at radius 2 is 1.75 bits per heavy atom. The number of nitrogens with zero attached hydrogens (tertiary/aromatic N) is 2. The second kappa shape index (κ2) is 9.20. The lowest BCUT2D eigenvalue weighted by Crippen LogP contribution is -2.18. The standard InChI is InChI=1S/C10H16N2.C4H10/c1-4-9(2)10(11-3)12-7-5-6-8-12;1-3-4-2/h4H,1,3,5-8H2,2H3;3-4H2,1-2H3/b10-9+;. The number of hydrogen-bond acceptors (Lipinski definition) is 2. The van der Waals surface area contributed by atoms with Gasteiger partial charge in [0.15, 0.2) is 0 Å². The number of allylic oxidation sites excluding steroid dienone is 2. The Morgan fingerprint density at radius 1 is 1.25 bits per heavy atom. The summed E-state index contributed by atoms with van der Waals surface area (Å²) in [4.78, 5) is 6.29. The van der Waals surface area contributed by atoms with Gasteiger partial charge in [-0.15, -0.1) is 0 Å². The molecule has 1 rings (SSSR count). The molecule has 2 heteroatoms. The van der Waals surface area contributed by atoms with E-state index in [9.17, 15) is 0 Å². The molecule has 0 N–H and O–H groups in total. The zero-order valence-corrected chi connectivity index (χ0v) is 11.1. The van der Waals surface area contributed by atoms with E-state index in [2.05, 4.69) is 37.0 Å². The van der Waals surface area contributed by atoms with Crippen molar-refractivity contribution >= 4 is 6.72 Å². The molecule has 1 aliphatic heterocycles. The van der Waals surface area contributed by atoms with E-state index in [1.54, 1.807) is 0 Å². The van der Waals surface area contributed by atoms with Gasteiger partial charge in [-0.3, -0.25) is 0 Å². The van der Waals surface area contributed by atoms with Crippen LogP contribution in [0.3, 0.4) is 0 Å². The van der Waals surface area contributed by atoms with Gasteiger partial charge in [0.1, 0.15) is 5.82 Å². The van der Waals surface area contributed by atoms with Gasteiger partial charge < -0.3 is 4.90 Å². The second-order valence-electron chi connectivity index (χ2n) is 4.06. The summed E-state index contributed by atoms with van der Waals surface area (Å²) in [5.74, 6) is 1.00. The highest BCUT2D eigenvalue weighted by Gasteiger charge is 2.14. The van der Waals surface area contributed by atoms with Crippen molar-refractivity contribution in [3.8, 4) is 0 Å². The molecule has 16 heavy (non-hydrogen) atoms. The maximum Gasteiger partial charge on any atom is 0.130 e. The van der Waals surface area contributed by atoms with E-state index < -0.39 is 0 Å². The van der Waals surface area contributed by atoms with E-state index in [4.69, 9.17) is 0 Å². The zero-order valence-electron chi connectivity index (χ0n) is 11.1. The van der Waals surface area contributed by atoms with Crippen molar-refractivity contribution in [2.75, 3.05) is 13.1 Å². The van der Waals surface area contributed by atoms with Crippen LogP contribution < -0.4 is 0 Å². The molecule has 1 heterocycles. The summed E-state index contributed by atoms with van der Waals surface area (Å²) in [7, 11) is 0. The molecule has 0 aromatic rings. The highest BCUT2D eigenvalue weighted by Crippen LogP contribution is 2.18. The molecule has 0 aromatic carbocycles. The summed E-state index contributed by atoms with van der Waals surface area (Å²) in [6, 6.07) is 0. The van der Waals surface area contributed by atoms with Gasteiger partial charge >= 0.3 is 0 Å². The Hall–Kier alpha value is -1.05. The quantitative estimate of drug-likeness (QED) is 0.518. The first-order chi connectivity index (χ1) is 7.71. The normalized spacial score (nSPS) is 16.1. The van der Waals surface area contributed by atoms with E-state index in [1.807, 2.05) is 13.0 Å². The number of rotatable bonds is 4. The van der Waals surface area contributed by atoms with Gasteiger partial charge in [-0.1, -0.05) is 39.3 Å². The lowest BCUT2D eigenvalue weighted by molar-refractivity contribution is 0.419. The van der Waals surface area contributed by atoms with Crippen LogP contribution in [0.1, 0.15) is 46.5 Å². The van der Waals surface area contributed by atoms with Crippen LogP contribution in [0.4, 0.5) is 0 Å². The SMILES string of the molecule is C=C/C(C)=C(\N=C)N1CCCC1.CCCC. The van der Waals surface area contributed by atoms with Crippen LogP contribution in [0.5, 0.6) is 0 Å². The molecule has 0 spiro atoms. The van der Waals surface area contributed by atoms with E-state index in [1.165, 1.54) is 25.7 Å². The van der Waals surface area contributed by atoms with E-state index in [-0.39, 0.29) is 0 Å². The fourth-order valence-electron chi connectivity index (χ4n) is 1.49. The number of aliphatic imine (C=N–C) groups is 1. The van der Waals surface area contributed by atoms with Crippen LogP contribution in [-0.2, 0) is 0 Å². The Balaban J connectivity index is 0.000000487. The van der Waals surface area contributed by atoms with Crippen molar-refractivity contribution in [3.63, 3.8) is 0 Å². The van der Waals surface area contributed by atoms with E-state index in [0.29, 0.717) is 0 Å². The topological polar surface area (TPSA) is 15.6 Å². The minimum atomic E-state index is 1.00. The Kier molecular flexibility index (Phi) is 8.59. The van der Waals surface area contributed by atoms with Crippen molar-refractivity contribution < 1.29 is 0 Å². The third kappa shape index (κ3) is 5.15. The molecule has 0 radical (unpaired) electrons. The molecule has 0 unspecified atom stereocenters. The fourth-order valence-corrected chi connectivity index (χ4v) is 1.49. The van der Waals surface area contributed by atoms with Crippen LogP contribution in [0, 0.1) is 0 Å². The summed E-state index contributed by atoms with van der Waals surface area (Å²) in [6.07, 6.45) is 7.01. The molecule has 0 aliphatic carbocycles. The largest absolute Gasteiger partial charge is 0.356 e. The molecule has 2 nitrogen and oxygen atoms in total. The molecule has 1 aliphatic rings. The minimum Gasteiger partial charge on any atom is -0.356 e. The fraction of sp³-hybridized carbons (Fsp3) is 0.643. The van der Waals surface area contributed by atoms with Gasteiger partial charge in [-0.05, 0) is 32.1 Å². The molecular weight excluding hydrogens is 196 g/mol. The average molecular weight is 222 g/mol. The average Bonchev–Trinajstić information content (AvgIpc) is 2.83. The van der Waals surface area contributed by atoms with Gasteiger partial charge in [0, 0.05) is 13.1 Å². The predicted molar refractivity (Wildman–Crippen MR) is 73.8 cm³/mol. The summed E-state index contributed by atoms with van der Waals surface area (Å²) < 4.78 is 0. The third-order valence-electron chi connectivity index (χ3n) is 2.71. The zero-order chi connectivity index (χ0) is 12.4. The Bertz CT molecular complexity index is 233. The molecule has 0 atom stereocenters. The first kappa shape index (κ1) is 14.9. The summed E-state index contributed by atoms with van der Waals surface area (Å²) in [5, 5.41) is 0. The van der Waals surface area contributed by atoms with Crippen LogP contribution in [0.15, 0.2) is 29.0 Å². The minimum absolute atomic E-state index is 1.00. The molecule has 0 aromatic heterocycles. The molecule has 1 saturated heterocycles. The third-order valence-corrected chi connectivity index (χ3v) is 2.71. The summed E-state index contributed by atoms with van der Waals surface area (Å²) >= 11 is 0. The van der Waals surface area contributed by atoms with Gasteiger partial charge in [-0.25, -0.2) is 4.99 Å². The molecule has 92 valence electrons. The lowest BCUT2D eigenvalue weighted by atomic mass is 10.3. The number of likely N-dealkylation sites (tertiary alicyclic amines) is 1. The highest BCUT2D eigenvalue weighted by atomic mass is 15.2. The Morgan fingerprint density at radius 3 is 2.06 bits per heavy atom. The van der Waals surface area contributed by atoms with Crippen molar-refractivity contribution in [2.45, 2.75) is 46.5 Å². The van der Waals surface area contributed by atoms with Gasteiger partial charge in [0.25, 0.3) is 0 Å². The smallest absolute Gasteiger partial charge is 0.130 e. The molecule has 0 saturated carbocycles. The van der Waals surface area contributed by atoms with E-state index >= 15 is 0 Å². The van der Waals surface area contributed by atoms with Crippen LogP contribution in [0.25, 0.3) is 0 Å². The molecular formula is C14H26N2. The second-order valence-corrected chi connectivity index (χ2v) is 4.06. The van der Waals surface area contributed by atoms with Crippen molar-refractivity contribution in [2.24, 2.45) is 4.99 Å². The lowest BCUT2D eigenvalue weighted by Gasteiger charge is -2.18. The van der Waals surface area contributed by atoms with Crippen molar-refractivity contribution in [1.82, 2.24) is 4.90 Å². The first-order valence-corrected chi connectivity index (χ1v) is 6.26. The van der Waals surface area contributed by atoms with E-state index in [0.717, 1.165) is 24.5 Å². The highest BCUT2D eigenvalue weighted by molar-refractivity contribution is 5.32. The Labute approximate surface area is 101 Å². The summed E-state index contributed by atoms with van der Waals surface area (Å²) in [5.41, 5.74) is 1.12. The van der Waals surface area contributed by atoms with Gasteiger partial charge in [-0.2, -0.15) is 0 Å². The van der Waals surface area contributed by atoms with Crippen molar-refractivity contribution in [1.29, 1.82) is 0 Å².